The number of hydrogen-bond acceptors (Lipinski definition) is 6. The highest BCUT2D eigenvalue weighted by Gasteiger charge is 2.07. The summed E-state index contributed by atoms with van der Waals surface area (Å²) in [6, 6.07) is 5.23. The zero-order chi connectivity index (χ0) is 13.8. The largest absolute Gasteiger partial charge is 0.495 e. The van der Waals surface area contributed by atoms with Crippen LogP contribution in [-0.4, -0.2) is 17.1 Å². The summed E-state index contributed by atoms with van der Waals surface area (Å²) < 4.78 is 5.07. The first kappa shape index (κ1) is 13.7. The van der Waals surface area contributed by atoms with E-state index in [1.54, 1.807) is 25.3 Å². The van der Waals surface area contributed by atoms with E-state index >= 15 is 0 Å². The van der Waals surface area contributed by atoms with Gasteiger partial charge in [0.25, 0.3) is 0 Å². The minimum Gasteiger partial charge on any atom is -0.495 e. The maximum atomic E-state index is 6.03. The first-order chi connectivity index (χ1) is 9.13. The molecular formula is C11H11Cl2N5O. The molecule has 0 aliphatic heterocycles. The number of nitrogens with zero attached hydrogens (tertiary/aromatic N) is 2. The zero-order valence-corrected chi connectivity index (χ0v) is 11.5. The predicted molar refractivity (Wildman–Crippen MR) is 76.1 cm³/mol. The van der Waals surface area contributed by atoms with Gasteiger partial charge in [-0.15, -0.1) is 0 Å². The zero-order valence-electron chi connectivity index (χ0n) is 9.95. The molecule has 0 bridgehead atoms. The normalized spacial score (nSPS) is 10.1. The summed E-state index contributed by atoms with van der Waals surface area (Å²) in [6.45, 7) is 0. The molecule has 19 heavy (non-hydrogen) atoms. The van der Waals surface area contributed by atoms with E-state index in [0.717, 1.165) is 5.69 Å². The first-order valence-electron chi connectivity index (χ1n) is 5.23. The lowest BCUT2D eigenvalue weighted by Gasteiger charge is -2.10. The maximum absolute atomic E-state index is 6.03. The van der Waals surface area contributed by atoms with Gasteiger partial charge in [0.15, 0.2) is 5.82 Å². The Kier molecular flexibility index (Phi) is 4.26. The highest BCUT2D eigenvalue weighted by molar-refractivity contribution is 6.33. The molecule has 0 atom stereocenters. The molecule has 0 aliphatic rings. The quantitative estimate of drug-likeness (QED) is 0.594. The lowest BCUT2D eigenvalue weighted by molar-refractivity contribution is 0.415. The second kappa shape index (κ2) is 5.92. The molecule has 6 nitrogen and oxygen atoms in total. The molecule has 0 saturated carbocycles. The van der Waals surface area contributed by atoms with Crippen LogP contribution >= 0.6 is 23.2 Å². The Morgan fingerprint density at radius 2 is 2.05 bits per heavy atom. The number of aromatic nitrogens is 2. The van der Waals surface area contributed by atoms with Crippen molar-refractivity contribution >= 4 is 40.7 Å². The number of nitrogens with two attached hydrogens (primary N) is 1. The van der Waals surface area contributed by atoms with Crippen LogP contribution in [0.5, 0.6) is 5.75 Å². The molecule has 1 aromatic carbocycles. The smallest absolute Gasteiger partial charge is 0.239 e. The molecule has 0 radical (unpaired) electrons. The fourth-order valence-electron chi connectivity index (χ4n) is 1.41. The van der Waals surface area contributed by atoms with Crippen molar-refractivity contribution in [1.29, 1.82) is 0 Å². The molecule has 1 heterocycles. The van der Waals surface area contributed by atoms with Crippen LogP contribution in [0.2, 0.25) is 10.0 Å². The number of hydrogen-bond donors (Lipinski definition) is 3. The van der Waals surface area contributed by atoms with Crippen molar-refractivity contribution in [3.63, 3.8) is 0 Å². The van der Waals surface area contributed by atoms with E-state index in [2.05, 4.69) is 20.7 Å². The Hall–Kier alpha value is -1.76. The van der Waals surface area contributed by atoms with Gasteiger partial charge in [0.05, 0.1) is 18.3 Å². The average molecular weight is 300 g/mol. The number of benzene rings is 1. The molecule has 0 fully saturated rings. The summed E-state index contributed by atoms with van der Waals surface area (Å²) in [7, 11) is 1.55. The van der Waals surface area contributed by atoms with Crippen LogP contribution in [0, 0.1) is 0 Å². The van der Waals surface area contributed by atoms with Crippen molar-refractivity contribution in [2.75, 3.05) is 17.9 Å². The standard InChI is InChI=1S/C11H11Cl2N5O/c1-19-9-3-2-6(4-7(9)12)16-10-8(13)5-15-11(17-10)18-14/h2-5H,14H2,1H3,(H2,15,16,17,18). The van der Waals surface area contributed by atoms with Crippen molar-refractivity contribution in [3.05, 3.63) is 34.4 Å². The highest BCUT2D eigenvalue weighted by Crippen LogP contribution is 2.30. The molecule has 2 aromatic rings. The van der Waals surface area contributed by atoms with E-state index in [9.17, 15) is 0 Å². The number of nitrogen functional groups attached to an aromatic ring is 1. The van der Waals surface area contributed by atoms with Gasteiger partial charge in [-0.2, -0.15) is 4.98 Å². The minimum atomic E-state index is 0.256. The van der Waals surface area contributed by atoms with Crippen molar-refractivity contribution < 1.29 is 4.74 Å². The average Bonchev–Trinajstić information content (AvgIpc) is 2.41. The Labute approximate surface area is 119 Å². The fraction of sp³-hybridized carbons (Fsp3) is 0.0909. The van der Waals surface area contributed by atoms with Crippen LogP contribution in [0.3, 0.4) is 0 Å². The maximum Gasteiger partial charge on any atom is 0.239 e. The molecule has 0 amide bonds. The van der Waals surface area contributed by atoms with Gasteiger partial charge in [-0.1, -0.05) is 23.2 Å². The number of halogens is 2. The molecule has 1 aromatic heterocycles. The van der Waals surface area contributed by atoms with Crippen LogP contribution < -0.4 is 21.3 Å². The van der Waals surface area contributed by atoms with Gasteiger partial charge < -0.3 is 10.1 Å². The van der Waals surface area contributed by atoms with Crippen LogP contribution in [0.25, 0.3) is 0 Å². The van der Waals surface area contributed by atoms with Crippen molar-refractivity contribution in [3.8, 4) is 5.75 Å². The summed E-state index contributed by atoms with van der Waals surface area (Å²) in [4.78, 5) is 7.97. The van der Waals surface area contributed by atoms with Gasteiger partial charge in [0, 0.05) is 5.69 Å². The second-order valence-corrected chi connectivity index (χ2v) is 4.32. The van der Waals surface area contributed by atoms with E-state index in [4.69, 9.17) is 33.8 Å². The van der Waals surface area contributed by atoms with Crippen LogP contribution in [-0.2, 0) is 0 Å². The van der Waals surface area contributed by atoms with Crippen molar-refractivity contribution in [2.24, 2.45) is 5.84 Å². The molecule has 0 spiro atoms. The number of ether oxygens (including phenoxy) is 1. The Balaban J connectivity index is 2.28. The third kappa shape index (κ3) is 3.17. The summed E-state index contributed by atoms with van der Waals surface area (Å²) in [5, 5.41) is 3.87. The minimum absolute atomic E-state index is 0.256. The van der Waals surface area contributed by atoms with Gasteiger partial charge in [0.2, 0.25) is 5.95 Å². The summed E-state index contributed by atoms with van der Waals surface area (Å²) >= 11 is 12.0. The first-order valence-corrected chi connectivity index (χ1v) is 5.99. The van der Waals surface area contributed by atoms with Gasteiger partial charge in [-0.3, -0.25) is 5.43 Å². The third-order valence-electron chi connectivity index (χ3n) is 2.29. The van der Waals surface area contributed by atoms with Gasteiger partial charge >= 0.3 is 0 Å². The second-order valence-electron chi connectivity index (χ2n) is 3.51. The van der Waals surface area contributed by atoms with Crippen molar-refractivity contribution in [1.82, 2.24) is 9.97 Å². The van der Waals surface area contributed by atoms with E-state index < -0.39 is 0 Å². The van der Waals surface area contributed by atoms with E-state index in [-0.39, 0.29) is 5.95 Å². The number of methoxy groups -OCH3 is 1. The molecule has 100 valence electrons. The van der Waals surface area contributed by atoms with Crippen LogP contribution in [0.1, 0.15) is 0 Å². The molecule has 8 heteroatoms. The van der Waals surface area contributed by atoms with Crippen LogP contribution in [0.4, 0.5) is 17.5 Å². The SMILES string of the molecule is COc1ccc(Nc2nc(NN)ncc2Cl)cc1Cl. The highest BCUT2D eigenvalue weighted by atomic mass is 35.5. The van der Waals surface area contributed by atoms with Crippen molar-refractivity contribution in [2.45, 2.75) is 0 Å². The van der Waals surface area contributed by atoms with E-state index in [1.165, 1.54) is 6.20 Å². The number of hydrazine groups is 1. The molecule has 2 rings (SSSR count). The third-order valence-corrected chi connectivity index (χ3v) is 2.86. The molecular weight excluding hydrogens is 289 g/mol. The topological polar surface area (TPSA) is 85.1 Å². The number of anilines is 3. The van der Waals surface area contributed by atoms with Gasteiger partial charge in [-0.05, 0) is 18.2 Å². The summed E-state index contributed by atoms with van der Waals surface area (Å²) in [5.41, 5.74) is 3.06. The number of nitrogens with one attached hydrogen (secondary N) is 2. The van der Waals surface area contributed by atoms with Crippen LogP contribution in [0.15, 0.2) is 24.4 Å². The lowest BCUT2D eigenvalue weighted by atomic mass is 10.3. The monoisotopic (exact) mass is 299 g/mol. The lowest BCUT2D eigenvalue weighted by Crippen LogP contribution is -2.11. The Bertz CT molecular complexity index is 593. The summed E-state index contributed by atoms with van der Waals surface area (Å²) in [6.07, 6.45) is 1.44. The molecule has 0 unspecified atom stereocenters. The molecule has 4 N–H and O–H groups in total. The van der Waals surface area contributed by atoms with E-state index in [1.807, 2.05) is 0 Å². The van der Waals surface area contributed by atoms with Gasteiger partial charge in [0.1, 0.15) is 10.8 Å². The molecule has 0 aliphatic carbocycles. The summed E-state index contributed by atoms with van der Waals surface area (Å²) in [5.74, 6) is 6.51. The predicted octanol–water partition coefficient (Wildman–Crippen LogP) is 2.82. The number of rotatable bonds is 4. The van der Waals surface area contributed by atoms with E-state index in [0.29, 0.717) is 21.6 Å². The fourth-order valence-corrected chi connectivity index (χ4v) is 1.80. The van der Waals surface area contributed by atoms with Gasteiger partial charge in [-0.25, -0.2) is 10.8 Å². The molecule has 0 saturated heterocycles. The Morgan fingerprint density at radius 3 is 2.68 bits per heavy atom. The Morgan fingerprint density at radius 1 is 1.26 bits per heavy atom.